The average Bonchev–Trinajstić information content (AvgIpc) is 3.15. The largest absolute Gasteiger partial charge is 0.469 e. The molecule has 0 saturated carbocycles. The Balaban J connectivity index is 1.91. The number of methoxy groups -OCH3 is 1. The molecule has 0 aliphatic rings. The van der Waals surface area contributed by atoms with Crippen LogP contribution in [0.3, 0.4) is 0 Å². The van der Waals surface area contributed by atoms with Crippen LogP contribution < -0.4 is 5.32 Å². The maximum absolute atomic E-state index is 12.1. The van der Waals surface area contributed by atoms with Gasteiger partial charge in [-0.1, -0.05) is 11.2 Å². The Bertz CT molecular complexity index is 624. The predicted octanol–water partition coefficient (Wildman–Crippen LogP) is 1.79. The fraction of sp³-hybridized carbons (Fsp3) is 0.429. The number of hydrogen-bond acceptors (Lipinski definition) is 7. The van der Waals surface area contributed by atoms with Gasteiger partial charge in [0.2, 0.25) is 11.8 Å². The lowest BCUT2D eigenvalue weighted by Gasteiger charge is -2.16. The molecule has 2 heterocycles. The zero-order valence-electron chi connectivity index (χ0n) is 12.4. The number of carbonyl (C=O) groups excluding carboxylic acids is 2. The Labute approximate surface area is 131 Å². The molecule has 0 aliphatic carbocycles. The fourth-order valence-electron chi connectivity index (χ4n) is 1.89. The van der Waals surface area contributed by atoms with E-state index < -0.39 is 0 Å². The number of esters is 1. The number of hydrogen-bond donors (Lipinski definition) is 1. The monoisotopic (exact) mass is 323 g/mol. The standard InChI is InChI=1S/C14H17N3O4S/c1-9-15-13(21-17-9)6-5-12(18)16-10(8-14(19)20-2)11-4-3-7-22-11/h3-4,7,10H,5-6,8H2,1-2H3,(H,16,18). The number of nitrogens with zero attached hydrogens (tertiary/aromatic N) is 2. The number of ether oxygens (including phenoxy) is 1. The highest BCUT2D eigenvalue weighted by atomic mass is 32.1. The lowest BCUT2D eigenvalue weighted by Crippen LogP contribution is -2.30. The minimum atomic E-state index is -0.385. The van der Waals surface area contributed by atoms with Gasteiger partial charge in [-0.3, -0.25) is 9.59 Å². The van der Waals surface area contributed by atoms with E-state index in [1.807, 2.05) is 17.5 Å². The molecule has 0 radical (unpaired) electrons. The van der Waals surface area contributed by atoms with Gasteiger partial charge in [-0.2, -0.15) is 4.98 Å². The maximum Gasteiger partial charge on any atom is 0.307 e. The Morgan fingerprint density at radius 3 is 2.91 bits per heavy atom. The first-order chi connectivity index (χ1) is 10.6. The summed E-state index contributed by atoms with van der Waals surface area (Å²) in [4.78, 5) is 28.5. The molecule has 0 spiro atoms. The first-order valence-corrected chi connectivity index (χ1v) is 7.65. The van der Waals surface area contributed by atoms with Crippen molar-refractivity contribution in [2.75, 3.05) is 7.11 Å². The molecule has 0 aromatic carbocycles. The molecule has 1 atom stereocenters. The van der Waals surface area contributed by atoms with Crippen molar-refractivity contribution in [3.05, 3.63) is 34.1 Å². The summed E-state index contributed by atoms with van der Waals surface area (Å²) < 4.78 is 9.63. The first kappa shape index (κ1) is 16.2. The molecule has 7 nitrogen and oxygen atoms in total. The third-order valence-corrected chi connectivity index (χ3v) is 3.94. The molecule has 1 amide bonds. The third-order valence-electron chi connectivity index (χ3n) is 2.96. The van der Waals surface area contributed by atoms with E-state index in [-0.39, 0.29) is 30.8 Å². The van der Waals surface area contributed by atoms with E-state index in [0.717, 1.165) is 4.88 Å². The van der Waals surface area contributed by atoms with Crippen LogP contribution in [0.4, 0.5) is 0 Å². The number of amides is 1. The lowest BCUT2D eigenvalue weighted by atomic mass is 10.1. The molecule has 0 saturated heterocycles. The van der Waals surface area contributed by atoms with E-state index in [2.05, 4.69) is 20.2 Å². The van der Waals surface area contributed by atoms with Crippen LogP contribution in [0.15, 0.2) is 22.0 Å². The van der Waals surface area contributed by atoms with Crippen molar-refractivity contribution in [1.29, 1.82) is 0 Å². The van der Waals surface area contributed by atoms with Crippen LogP contribution in [0.25, 0.3) is 0 Å². The summed E-state index contributed by atoms with van der Waals surface area (Å²) in [5.74, 6) is 0.412. The van der Waals surface area contributed by atoms with Crippen molar-refractivity contribution in [1.82, 2.24) is 15.5 Å². The highest BCUT2D eigenvalue weighted by molar-refractivity contribution is 7.10. The number of aromatic nitrogens is 2. The summed E-state index contributed by atoms with van der Waals surface area (Å²) in [5, 5.41) is 8.41. The molecule has 1 N–H and O–H groups in total. The molecule has 0 aliphatic heterocycles. The van der Waals surface area contributed by atoms with Crippen molar-refractivity contribution in [3.8, 4) is 0 Å². The minimum Gasteiger partial charge on any atom is -0.469 e. The third kappa shape index (κ3) is 4.66. The predicted molar refractivity (Wildman–Crippen MR) is 79.2 cm³/mol. The van der Waals surface area contributed by atoms with E-state index in [1.165, 1.54) is 18.4 Å². The molecule has 2 rings (SSSR count). The minimum absolute atomic E-state index is 0.0996. The summed E-state index contributed by atoms with van der Waals surface area (Å²) in [6, 6.07) is 3.36. The highest BCUT2D eigenvalue weighted by Gasteiger charge is 2.20. The van der Waals surface area contributed by atoms with E-state index in [9.17, 15) is 9.59 Å². The van der Waals surface area contributed by atoms with E-state index in [1.54, 1.807) is 6.92 Å². The second-order valence-electron chi connectivity index (χ2n) is 4.65. The number of aryl methyl sites for hydroxylation is 2. The quantitative estimate of drug-likeness (QED) is 0.781. The number of thiophene rings is 1. The van der Waals surface area contributed by atoms with Gasteiger partial charge in [-0.15, -0.1) is 11.3 Å². The van der Waals surface area contributed by atoms with Crippen LogP contribution in [0, 0.1) is 6.92 Å². The van der Waals surface area contributed by atoms with Crippen LogP contribution >= 0.6 is 11.3 Å². The molecule has 2 aromatic rings. The van der Waals surface area contributed by atoms with Crippen molar-refractivity contribution in [2.45, 2.75) is 32.2 Å². The second-order valence-corrected chi connectivity index (χ2v) is 5.63. The fourth-order valence-corrected chi connectivity index (χ4v) is 2.67. The van der Waals surface area contributed by atoms with Gasteiger partial charge < -0.3 is 14.6 Å². The van der Waals surface area contributed by atoms with Crippen molar-refractivity contribution < 1.29 is 18.8 Å². The van der Waals surface area contributed by atoms with Crippen LogP contribution in [-0.4, -0.2) is 29.1 Å². The summed E-state index contributed by atoms with van der Waals surface area (Å²) >= 11 is 1.48. The van der Waals surface area contributed by atoms with Gasteiger partial charge in [0.05, 0.1) is 19.6 Å². The van der Waals surface area contributed by atoms with Crippen LogP contribution in [0.2, 0.25) is 0 Å². The van der Waals surface area contributed by atoms with Crippen molar-refractivity contribution in [3.63, 3.8) is 0 Å². The molecule has 0 bridgehead atoms. The topological polar surface area (TPSA) is 94.3 Å². The molecule has 2 aromatic heterocycles. The summed E-state index contributed by atoms with van der Waals surface area (Å²) in [6.45, 7) is 1.72. The van der Waals surface area contributed by atoms with Gasteiger partial charge >= 0.3 is 5.97 Å². The van der Waals surface area contributed by atoms with E-state index >= 15 is 0 Å². The van der Waals surface area contributed by atoms with Gasteiger partial charge in [-0.05, 0) is 18.4 Å². The molecule has 118 valence electrons. The number of nitrogens with one attached hydrogen (secondary N) is 1. The molecule has 0 fully saturated rings. The zero-order valence-corrected chi connectivity index (χ0v) is 13.2. The van der Waals surface area contributed by atoms with Crippen molar-refractivity contribution in [2.24, 2.45) is 0 Å². The van der Waals surface area contributed by atoms with Crippen LogP contribution in [0.5, 0.6) is 0 Å². The Kier molecular flexibility index (Phi) is 5.65. The van der Waals surface area contributed by atoms with Gasteiger partial charge in [-0.25, -0.2) is 0 Å². The molecule has 22 heavy (non-hydrogen) atoms. The summed E-state index contributed by atoms with van der Waals surface area (Å²) in [6.07, 6.45) is 0.676. The Hall–Kier alpha value is -2.22. The molecular weight excluding hydrogens is 306 g/mol. The van der Waals surface area contributed by atoms with Crippen molar-refractivity contribution >= 4 is 23.2 Å². The van der Waals surface area contributed by atoms with Gasteiger partial charge in [0.1, 0.15) is 0 Å². The number of carbonyl (C=O) groups is 2. The Morgan fingerprint density at radius 1 is 1.50 bits per heavy atom. The average molecular weight is 323 g/mol. The lowest BCUT2D eigenvalue weighted by molar-refractivity contribution is -0.141. The highest BCUT2D eigenvalue weighted by Crippen LogP contribution is 2.22. The SMILES string of the molecule is COC(=O)CC(NC(=O)CCc1nc(C)no1)c1cccs1. The molecule has 1 unspecified atom stereocenters. The molecular formula is C14H17N3O4S. The normalized spacial score (nSPS) is 11.9. The first-order valence-electron chi connectivity index (χ1n) is 6.77. The van der Waals surface area contributed by atoms with Crippen LogP contribution in [-0.2, 0) is 20.7 Å². The second kappa shape index (κ2) is 7.69. The van der Waals surface area contributed by atoms with E-state index in [0.29, 0.717) is 18.1 Å². The van der Waals surface area contributed by atoms with Gasteiger partial charge in [0.15, 0.2) is 5.82 Å². The van der Waals surface area contributed by atoms with Gasteiger partial charge in [0.25, 0.3) is 0 Å². The maximum atomic E-state index is 12.1. The molecule has 8 heteroatoms. The van der Waals surface area contributed by atoms with Gasteiger partial charge in [0, 0.05) is 17.7 Å². The van der Waals surface area contributed by atoms with Crippen LogP contribution in [0.1, 0.15) is 35.5 Å². The zero-order chi connectivity index (χ0) is 15.9. The summed E-state index contributed by atoms with van der Waals surface area (Å²) in [7, 11) is 1.33. The number of rotatable bonds is 7. The smallest absolute Gasteiger partial charge is 0.307 e. The Morgan fingerprint density at radius 2 is 2.32 bits per heavy atom. The summed E-state index contributed by atoms with van der Waals surface area (Å²) in [5.41, 5.74) is 0. The van der Waals surface area contributed by atoms with E-state index in [4.69, 9.17) is 4.52 Å².